The zero-order chi connectivity index (χ0) is 6.91. The molecule has 1 aliphatic heterocycles. The molecule has 0 saturated carbocycles. The molecule has 0 aromatic carbocycles. The van der Waals surface area contributed by atoms with Crippen LogP contribution in [0.2, 0.25) is 0 Å². The summed E-state index contributed by atoms with van der Waals surface area (Å²) >= 11 is 2.55. The van der Waals surface area contributed by atoms with E-state index in [1.807, 2.05) is 0 Å². The fourth-order valence-electron chi connectivity index (χ4n) is 0.509. The van der Waals surface area contributed by atoms with Gasteiger partial charge in [-0.1, -0.05) is 0 Å². The highest BCUT2D eigenvalue weighted by molar-refractivity contribution is 8.30. The lowest BCUT2D eigenvalue weighted by atomic mass is 11.0. The second kappa shape index (κ2) is 2.69. The maximum Gasteiger partial charge on any atom is 0.286 e. The molecule has 0 aromatic heterocycles. The Kier molecular flexibility index (Phi) is 2.31. The van der Waals surface area contributed by atoms with Gasteiger partial charge in [-0.05, 0) is 0 Å². The van der Waals surface area contributed by atoms with Gasteiger partial charge in [0.05, 0.1) is 0 Å². The van der Waals surface area contributed by atoms with Gasteiger partial charge < -0.3 is 0 Å². The van der Waals surface area contributed by atoms with Crippen molar-refractivity contribution in [3.63, 3.8) is 0 Å². The van der Waals surface area contributed by atoms with Gasteiger partial charge in [-0.3, -0.25) is 4.55 Å². The second-order valence-corrected chi connectivity index (χ2v) is 6.37. The molecule has 1 N–H and O–H groups in total. The molecule has 0 amide bonds. The van der Waals surface area contributed by atoms with Crippen molar-refractivity contribution >= 4 is 33.6 Å². The van der Waals surface area contributed by atoms with Crippen LogP contribution in [0.15, 0.2) is 0 Å². The van der Waals surface area contributed by atoms with Gasteiger partial charge in [-0.15, -0.1) is 23.5 Å². The summed E-state index contributed by atoms with van der Waals surface area (Å²) in [7, 11) is -3.78. The lowest BCUT2D eigenvalue weighted by Gasteiger charge is -2.00. The molecule has 0 aliphatic carbocycles. The van der Waals surface area contributed by atoms with Gasteiger partial charge in [-0.2, -0.15) is 8.42 Å². The maximum atomic E-state index is 10.3. The normalized spacial score (nSPS) is 22.8. The van der Waals surface area contributed by atoms with Gasteiger partial charge in [0.1, 0.15) is 0 Å². The van der Waals surface area contributed by atoms with E-state index in [0.29, 0.717) is 0 Å². The molecule has 0 atom stereocenters. The fourth-order valence-corrected chi connectivity index (χ4v) is 4.58. The van der Waals surface area contributed by atoms with Crippen LogP contribution in [0.1, 0.15) is 0 Å². The van der Waals surface area contributed by atoms with Gasteiger partial charge in [-0.25, -0.2) is 0 Å². The van der Waals surface area contributed by atoms with Crippen LogP contribution in [-0.4, -0.2) is 28.4 Å². The summed E-state index contributed by atoms with van der Waals surface area (Å²) in [6.07, 6.45) is 0. The Morgan fingerprint density at radius 3 is 2.00 bits per heavy atom. The molecule has 54 valence electrons. The largest absolute Gasteiger partial charge is 0.286 e. The van der Waals surface area contributed by atoms with Crippen molar-refractivity contribution in [2.45, 2.75) is 3.91 Å². The SMILES string of the molecule is O=S(=O)(O)C1SCCS1. The van der Waals surface area contributed by atoms with Gasteiger partial charge in [0.15, 0.2) is 3.91 Å². The van der Waals surface area contributed by atoms with E-state index in [0.717, 1.165) is 11.5 Å². The zero-order valence-corrected chi connectivity index (χ0v) is 6.93. The molecule has 3 nitrogen and oxygen atoms in total. The molecule has 0 bridgehead atoms. The molecule has 0 aromatic rings. The summed E-state index contributed by atoms with van der Waals surface area (Å²) in [5, 5.41) is 0. The summed E-state index contributed by atoms with van der Waals surface area (Å²) < 4.78 is 28.5. The van der Waals surface area contributed by atoms with Gasteiger partial charge in [0, 0.05) is 11.5 Å². The first-order valence-corrected chi connectivity index (χ1v) is 5.90. The van der Waals surface area contributed by atoms with Crippen molar-refractivity contribution in [2.75, 3.05) is 11.5 Å². The van der Waals surface area contributed by atoms with Crippen LogP contribution in [0.25, 0.3) is 0 Å². The molecule has 1 heterocycles. The van der Waals surface area contributed by atoms with Crippen LogP contribution in [0.4, 0.5) is 0 Å². The van der Waals surface area contributed by atoms with Crippen LogP contribution in [0.3, 0.4) is 0 Å². The first-order valence-electron chi connectivity index (χ1n) is 2.30. The van der Waals surface area contributed by atoms with Gasteiger partial charge in [0.25, 0.3) is 10.1 Å². The Bertz CT molecular complexity index is 178. The predicted octanol–water partition coefficient (Wildman–Crippen LogP) is 0.638. The Morgan fingerprint density at radius 2 is 1.78 bits per heavy atom. The number of rotatable bonds is 1. The lowest BCUT2D eigenvalue weighted by Crippen LogP contribution is -2.09. The lowest BCUT2D eigenvalue weighted by molar-refractivity contribution is 0.487. The maximum absolute atomic E-state index is 10.3. The molecule has 1 fully saturated rings. The Morgan fingerprint density at radius 1 is 1.33 bits per heavy atom. The van der Waals surface area contributed by atoms with Crippen molar-refractivity contribution in [1.29, 1.82) is 0 Å². The molecule has 9 heavy (non-hydrogen) atoms. The van der Waals surface area contributed by atoms with E-state index in [1.165, 1.54) is 23.5 Å². The smallest absolute Gasteiger partial charge is 0.284 e. The fraction of sp³-hybridized carbons (Fsp3) is 1.00. The van der Waals surface area contributed by atoms with Crippen LogP contribution in [0, 0.1) is 0 Å². The Labute approximate surface area is 62.3 Å². The van der Waals surface area contributed by atoms with Gasteiger partial charge in [0.2, 0.25) is 0 Å². The van der Waals surface area contributed by atoms with Crippen LogP contribution >= 0.6 is 23.5 Å². The zero-order valence-electron chi connectivity index (χ0n) is 4.48. The highest BCUT2D eigenvalue weighted by Crippen LogP contribution is 2.34. The van der Waals surface area contributed by atoms with Crippen molar-refractivity contribution in [2.24, 2.45) is 0 Å². The minimum absolute atomic E-state index is 0.627. The molecular weight excluding hydrogens is 180 g/mol. The highest BCUT2D eigenvalue weighted by atomic mass is 32.3. The van der Waals surface area contributed by atoms with Crippen molar-refractivity contribution in [3.05, 3.63) is 0 Å². The third-order valence-corrected chi connectivity index (χ3v) is 6.10. The van der Waals surface area contributed by atoms with E-state index < -0.39 is 14.0 Å². The number of thioether (sulfide) groups is 2. The Balaban J connectivity index is 2.63. The van der Waals surface area contributed by atoms with Crippen LogP contribution in [0.5, 0.6) is 0 Å². The number of hydrogen-bond acceptors (Lipinski definition) is 4. The summed E-state index contributed by atoms with van der Waals surface area (Å²) in [5.74, 6) is 1.63. The van der Waals surface area contributed by atoms with Crippen LogP contribution < -0.4 is 0 Å². The van der Waals surface area contributed by atoms with Crippen molar-refractivity contribution < 1.29 is 13.0 Å². The minimum atomic E-state index is -3.78. The predicted molar refractivity (Wildman–Crippen MR) is 40.3 cm³/mol. The molecule has 0 radical (unpaired) electrons. The molecule has 0 unspecified atom stereocenters. The molecule has 0 spiro atoms. The third-order valence-electron chi connectivity index (χ3n) is 0.834. The molecule has 6 heteroatoms. The summed E-state index contributed by atoms with van der Waals surface area (Å²) in [6, 6.07) is 0. The van der Waals surface area contributed by atoms with Crippen LogP contribution in [-0.2, 0) is 10.1 Å². The monoisotopic (exact) mass is 186 g/mol. The van der Waals surface area contributed by atoms with Crippen molar-refractivity contribution in [1.82, 2.24) is 0 Å². The summed E-state index contributed by atoms with van der Waals surface area (Å²) in [5.41, 5.74) is 0. The quantitative estimate of drug-likeness (QED) is 0.609. The minimum Gasteiger partial charge on any atom is -0.284 e. The molecule has 1 aliphatic rings. The third kappa shape index (κ3) is 2.03. The highest BCUT2D eigenvalue weighted by Gasteiger charge is 2.27. The summed E-state index contributed by atoms with van der Waals surface area (Å²) in [6.45, 7) is 0. The standard InChI is InChI=1S/C3H6O3S3/c4-9(5,6)3-7-1-2-8-3/h3H,1-2H2,(H,4,5,6). The molecule has 1 rings (SSSR count). The van der Waals surface area contributed by atoms with Crippen molar-refractivity contribution in [3.8, 4) is 0 Å². The van der Waals surface area contributed by atoms with E-state index in [2.05, 4.69) is 0 Å². The first kappa shape index (κ1) is 7.71. The topological polar surface area (TPSA) is 54.4 Å². The second-order valence-electron chi connectivity index (χ2n) is 1.55. The van der Waals surface area contributed by atoms with E-state index >= 15 is 0 Å². The summed E-state index contributed by atoms with van der Waals surface area (Å²) in [4.78, 5) is 0. The van der Waals surface area contributed by atoms with E-state index in [4.69, 9.17) is 4.55 Å². The average molecular weight is 186 g/mol. The molecule has 1 saturated heterocycles. The molecular formula is C3H6O3S3. The number of hydrogen-bond donors (Lipinski definition) is 1. The van der Waals surface area contributed by atoms with E-state index in [-0.39, 0.29) is 0 Å². The van der Waals surface area contributed by atoms with E-state index in [9.17, 15) is 8.42 Å². The van der Waals surface area contributed by atoms with E-state index in [1.54, 1.807) is 0 Å². The Hall–Kier alpha value is 0.610. The van der Waals surface area contributed by atoms with Gasteiger partial charge >= 0.3 is 0 Å². The first-order chi connectivity index (χ1) is 4.11. The average Bonchev–Trinajstić information content (AvgIpc) is 2.08.